The Morgan fingerprint density at radius 2 is 1.95 bits per heavy atom. The molecule has 0 atom stereocenters. The highest BCUT2D eigenvalue weighted by Crippen LogP contribution is 2.17. The summed E-state index contributed by atoms with van der Waals surface area (Å²) in [5.41, 5.74) is 0.983. The van der Waals surface area contributed by atoms with Crippen LogP contribution in [0, 0.1) is 0 Å². The van der Waals surface area contributed by atoms with Crippen LogP contribution >= 0.6 is 11.8 Å². The summed E-state index contributed by atoms with van der Waals surface area (Å²) in [5.74, 6) is 1.64. The molecule has 0 aliphatic rings. The summed E-state index contributed by atoms with van der Waals surface area (Å²) in [4.78, 5) is 13.1. The normalized spacial score (nSPS) is 10.2. The van der Waals surface area contributed by atoms with Gasteiger partial charge < -0.3 is 10.6 Å². The summed E-state index contributed by atoms with van der Waals surface area (Å²) in [6.07, 6.45) is 3.75. The molecule has 0 saturated heterocycles. The first-order valence-corrected chi connectivity index (χ1v) is 7.35. The Labute approximate surface area is 117 Å². The zero-order chi connectivity index (χ0) is 13.5. The number of hydrogen-bond donors (Lipinski definition) is 2. The Hall–Kier alpha value is -1.82. The molecular formula is C13H17N5S. The minimum Gasteiger partial charge on any atom is -0.370 e. The molecule has 2 aromatic heterocycles. The zero-order valence-corrected chi connectivity index (χ0v) is 11.9. The molecule has 2 rings (SSSR count). The second-order valence-electron chi connectivity index (χ2n) is 3.83. The molecule has 2 N–H and O–H groups in total. The molecular weight excluding hydrogens is 258 g/mol. The minimum absolute atomic E-state index is 0.650. The van der Waals surface area contributed by atoms with E-state index in [0.717, 1.165) is 29.0 Å². The Balaban J connectivity index is 2.08. The van der Waals surface area contributed by atoms with E-state index in [9.17, 15) is 0 Å². The molecule has 0 spiro atoms. The van der Waals surface area contributed by atoms with Gasteiger partial charge in [0.15, 0.2) is 5.16 Å². The molecule has 0 amide bonds. The van der Waals surface area contributed by atoms with Gasteiger partial charge in [-0.2, -0.15) is 0 Å². The minimum atomic E-state index is 0.650. The van der Waals surface area contributed by atoms with Gasteiger partial charge in [0.1, 0.15) is 11.6 Å². The van der Waals surface area contributed by atoms with Crippen molar-refractivity contribution >= 4 is 23.4 Å². The van der Waals surface area contributed by atoms with Crippen LogP contribution in [-0.2, 0) is 6.54 Å². The van der Waals surface area contributed by atoms with Gasteiger partial charge in [0.25, 0.3) is 0 Å². The van der Waals surface area contributed by atoms with E-state index in [-0.39, 0.29) is 0 Å². The molecule has 0 fully saturated rings. The molecule has 5 nitrogen and oxygen atoms in total. The molecule has 2 aromatic rings. The van der Waals surface area contributed by atoms with Crippen LogP contribution in [0.25, 0.3) is 0 Å². The predicted molar refractivity (Wildman–Crippen MR) is 79.5 cm³/mol. The van der Waals surface area contributed by atoms with Crippen LogP contribution in [0.2, 0.25) is 0 Å². The van der Waals surface area contributed by atoms with Gasteiger partial charge in [-0.25, -0.2) is 9.97 Å². The predicted octanol–water partition coefficient (Wildman–Crippen LogP) is 2.64. The van der Waals surface area contributed by atoms with Gasteiger partial charge in [-0.15, -0.1) is 0 Å². The molecule has 0 unspecified atom stereocenters. The van der Waals surface area contributed by atoms with Crippen molar-refractivity contribution < 1.29 is 0 Å². The summed E-state index contributed by atoms with van der Waals surface area (Å²) in [6, 6.07) is 7.77. The van der Waals surface area contributed by atoms with Crippen molar-refractivity contribution in [2.24, 2.45) is 0 Å². The SMILES string of the molecule is CCNc1cc(NCc2ccccn2)nc(SC)n1. The van der Waals surface area contributed by atoms with Crippen molar-refractivity contribution in [2.75, 3.05) is 23.4 Å². The van der Waals surface area contributed by atoms with Crippen LogP contribution in [0.1, 0.15) is 12.6 Å². The van der Waals surface area contributed by atoms with Crippen LogP contribution in [0.4, 0.5) is 11.6 Å². The first-order valence-electron chi connectivity index (χ1n) is 6.12. The molecule has 19 heavy (non-hydrogen) atoms. The van der Waals surface area contributed by atoms with Crippen LogP contribution in [0.5, 0.6) is 0 Å². The van der Waals surface area contributed by atoms with Gasteiger partial charge in [-0.05, 0) is 25.3 Å². The van der Waals surface area contributed by atoms with Crippen molar-refractivity contribution in [2.45, 2.75) is 18.6 Å². The second-order valence-corrected chi connectivity index (χ2v) is 4.60. The number of aromatic nitrogens is 3. The van der Waals surface area contributed by atoms with E-state index >= 15 is 0 Å². The molecule has 6 heteroatoms. The Morgan fingerprint density at radius 3 is 2.58 bits per heavy atom. The van der Waals surface area contributed by atoms with Crippen LogP contribution in [0.15, 0.2) is 35.6 Å². The molecule has 2 heterocycles. The van der Waals surface area contributed by atoms with E-state index in [1.807, 2.05) is 37.4 Å². The number of nitrogens with zero attached hydrogens (tertiary/aromatic N) is 3. The first kappa shape index (κ1) is 13.6. The van der Waals surface area contributed by atoms with E-state index in [4.69, 9.17) is 0 Å². The lowest BCUT2D eigenvalue weighted by Crippen LogP contribution is -2.06. The summed E-state index contributed by atoms with van der Waals surface area (Å²) < 4.78 is 0. The Kier molecular flexibility index (Phi) is 4.97. The monoisotopic (exact) mass is 275 g/mol. The molecule has 0 aliphatic carbocycles. The van der Waals surface area contributed by atoms with E-state index in [1.54, 1.807) is 6.20 Å². The molecule has 0 bridgehead atoms. The summed E-state index contributed by atoms with van der Waals surface area (Å²) >= 11 is 1.53. The van der Waals surface area contributed by atoms with Crippen LogP contribution in [-0.4, -0.2) is 27.8 Å². The second kappa shape index (κ2) is 6.94. The smallest absolute Gasteiger partial charge is 0.191 e. The number of pyridine rings is 1. The van der Waals surface area contributed by atoms with Gasteiger partial charge in [0, 0.05) is 18.8 Å². The zero-order valence-electron chi connectivity index (χ0n) is 11.1. The summed E-state index contributed by atoms with van der Waals surface area (Å²) in [6.45, 7) is 3.53. The third kappa shape index (κ3) is 4.10. The fraction of sp³-hybridized carbons (Fsp3) is 0.308. The maximum atomic E-state index is 4.42. The van der Waals surface area contributed by atoms with Crippen molar-refractivity contribution in [3.8, 4) is 0 Å². The highest BCUT2D eigenvalue weighted by molar-refractivity contribution is 7.98. The lowest BCUT2D eigenvalue weighted by atomic mass is 10.3. The highest BCUT2D eigenvalue weighted by atomic mass is 32.2. The number of rotatable bonds is 6. The van der Waals surface area contributed by atoms with E-state index in [1.165, 1.54) is 11.8 Å². The molecule has 100 valence electrons. The molecule has 0 saturated carbocycles. The number of anilines is 2. The fourth-order valence-electron chi connectivity index (χ4n) is 1.56. The Morgan fingerprint density at radius 1 is 1.16 bits per heavy atom. The van der Waals surface area contributed by atoms with Gasteiger partial charge in [-0.1, -0.05) is 17.8 Å². The van der Waals surface area contributed by atoms with E-state index in [0.29, 0.717) is 6.54 Å². The third-order valence-corrected chi connectivity index (χ3v) is 2.97. The fourth-order valence-corrected chi connectivity index (χ4v) is 1.94. The van der Waals surface area contributed by atoms with Crippen LogP contribution < -0.4 is 10.6 Å². The lowest BCUT2D eigenvalue weighted by Gasteiger charge is -2.09. The average Bonchev–Trinajstić information content (AvgIpc) is 2.46. The number of nitrogens with one attached hydrogen (secondary N) is 2. The Bertz CT molecular complexity index is 518. The van der Waals surface area contributed by atoms with Gasteiger partial charge in [-0.3, -0.25) is 4.98 Å². The summed E-state index contributed by atoms with van der Waals surface area (Å²) in [7, 11) is 0. The van der Waals surface area contributed by atoms with Crippen LogP contribution in [0.3, 0.4) is 0 Å². The molecule has 0 aliphatic heterocycles. The average molecular weight is 275 g/mol. The largest absolute Gasteiger partial charge is 0.370 e. The van der Waals surface area contributed by atoms with Gasteiger partial charge >= 0.3 is 0 Å². The van der Waals surface area contributed by atoms with Crippen molar-refractivity contribution in [3.05, 3.63) is 36.2 Å². The van der Waals surface area contributed by atoms with E-state index < -0.39 is 0 Å². The lowest BCUT2D eigenvalue weighted by molar-refractivity contribution is 0.941. The first-order chi connectivity index (χ1) is 9.31. The quantitative estimate of drug-likeness (QED) is 0.624. The summed E-state index contributed by atoms with van der Waals surface area (Å²) in [5, 5.41) is 7.22. The van der Waals surface area contributed by atoms with Crippen molar-refractivity contribution in [3.63, 3.8) is 0 Å². The van der Waals surface area contributed by atoms with Gasteiger partial charge in [0.05, 0.1) is 12.2 Å². The van der Waals surface area contributed by atoms with Gasteiger partial charge in [0.2, 0.25) is 0 Å². The molecule has 0 aromatic carbocycles. The maximum Gasteiger partial charge on any atom is 0.191 e. The highest BCUT2D eigenvalue weighted by Gasteiger charge is 2.03. The topological polar surface area (TPSA) is 62.7 Å². The van der Waals surface area contributed by atoms with E-state index in [2.05, 4.69) is 25.6 Å². The van der Waals surface area contributed by atoms with Crippen molar-refractivity contribution in [1.82, 2.24) is 15.0 Å². The number of hydrogen-bond acceptors (Lipinski definition) is 6. The van der Waals surface area contributed by atoms with Crippen molar-refractivity contribution in [1.29, 1.82) is 0 Å². The maximum absolute atomic E-state index is 4.42. The standard InChI is InChI=1S/C13H17N5S/c1-3-14-11-8-12(18-13(17-11)19-2)16-9-10-6-4-5-7-15-10/h4-8H,3,9H2,1-2H3,(H2,14,16,17,18). The number of thioether (sulfide) groups is 1. The molecule has 0 radical (unpaired) electrons. The third-order valence-electron chi connectivity index (χ3n) is 2.42.